The standard InChI is InChI=1S/C23H37N7O6/c1-13(2)18(24)21(34)28-15(9-6-10-27-23(25)26)19(32)30-17(12-31)20(33)29-16(22(35)36)11-14-7-4-3-5-8-14/h3-5,7-8,13,15-18,31H,6,9-12,24H2,1-2H3,(H,28,34)(H,29,33)(H,30,32)(H,35,36)(H4,25,26,27). The van der Waals surface area contributed by atoms with E-state index in [2.05, 4.69) is 20.9 Å². The number of hydrogen-bond acceptors (Lipinski definition) is 7. The maximum absolute atomic E-state index is 12.9. The molecular weight excluding hydrogens is 470 g/mol. The Balaban J connectivity index is 2.90. The van der Waals surface area contributed by atoms with Crippen LogP contribution in [0.1, 0.15) is 32.3 Å². The van der Waals surface area contributed by atoms with E-state index in [0.717, 1.165) is 0 Å². The summed E-state index contributed by atoms with van der Waals surface area (Å²) in [6, 6.07) is 3.96. The predicted molar refractivity (Wildman–Crippen MR) is 133 cm³/mol. The minimum atomic E-state index is -1.45. The van der Waals surface area contributed by atoms with Gasteiger partial charge < -0.3 is 43.4 Å². The number of rotatable bonds is 15. The van der Waals surface area contributed by atoms with Gasteiger partial charge in [0.05, 0.1) is 12.6 Å². The molecule has 3 amide bonds. The number of aliphatic hydroxyl groups excluding tert-OH is 1. The molecule has 0 aliphatic carbocycles. The number of aliphatic carboxylic acids is 1. The molecule has 1 aromatic rings. The molecule has 0 aliphatic rings. The second kappa shape index (κ2) is 15.3. The van der Waals surface area contributed by atoms with Crippen LogP contribution in [0.25, 0.3) is 0 Å². The first-order chi connectivity index (χ1) is 17.0. The van der Waals surface area contributed by atoms with E-state index in [1.807, 2.05) is 0 Å². The number of benzene rings is 1. The fraction of sp³-hybridized carbons (Fsp3) is 0.522. The number of hydrogen-bond donors (Lipinski definition) is 8. The quantitative estimate of drug-likeness (QED) is 0.0729. The molecule has 4 unspecified atom stereocenters. The largest absolute Gasteiger partial charge is 0.480 e. The summed E-state index contributed by atoms with van der Waals surface area (Å²) in [5.41, 5.74) is 17.1. The third-order valence-corrected chi connectivity index (χ3v) is 5.31. The van der Waals surface area contributed by atoms with E-state index in [0.29, 0.717) is 12.0 Å². The van der Waals surface area contributed by atoms with Gasteiger partial charge in [-0.25, -0.2) is 4.79 Å². The van der Waals surface area contributed by atoms with Crippen molar-refractivity contribution in [2.24, 2.45) is 28.1 Å². The predicted octanol–water partition coefficient (Wildman–Crippen LogP) is -2.20. The molecule has 200 valence electrons. The van der Waals surface area contributed by atoms with Gasteiger partial charge >= 0.3 is 5.97 Å². The van der Waals surface area contributed by atoms with Crippen molar-refractivity contribution < 1.29 is 29.4 Å². The lowest BCUT2D eigenvalue weighted by atomic mass is 10.0. The summed E-state index contributed by atoms with van der Waals surface area (Å²) < 4.78 is 0. The van der Waals surface area contributed by atoms with Gasteiger partial charge in [0.25, 0.3) is 0 Å². The van der Waals surface area contributed by atoms with E-state index >= 15 is 0 Å². The molecule has 0 saturated carbocycles. The van der Waals surface area contributed by atoms with Crippen LogP contribution in [0, 0.1) is 5.92 Å². The van der Waals surface area contributed by atoms with Gasteiger partial charge in [-0.15, -0.1) is 0 Å². The number of carbonyl (C=O) groups is 4. The number of aliphatic imine (C=N–C) groups is 1. The Morgan fingerprint density at radius 3 is 2.00 bits per heavy atom. The molecular formula is C23H37N7O6. The number of guanidine groups is 1. The van der Waals surface area contributed by atoms with Crippen molar-refractivity contribution in [3.63, 3.8) is 0 Å². The summed E-state index contributed by atoms with van der Waals surface area (Å²) in [7, 11) is 0. The van der Waals surface area contributed by atoms with Gasteiger partial charge in [-0.2, -0.15) is 0 Å². The summed E-state index contributed by atoms with van der Waals surface area (Å²) in [4.78, 5) is 53.6. The van der Waals surface area contributed by atoms with Crippen molar-refractivity contribution in [1.82, 2.24) is 16.0 Å². The first-order valence-electron chi connectivity index (χ1n) is 11.6. The molecule has 0 radical (unpaired) electrons. The molecule has 36 heavy (non-hydrogen) atoms. The summed E-state index contributed by atoms with van der Waals surface area (Å²) in [6.07, 6.45) is 0.441. The molecule has 0 aromatic heterocycles. The number of carbonyl (C=O) groups excluding carboxylic acids is 3. The minimum absolute atomic E-state index is 0.00454. The summed E-state index contributed by atoms with van der Waals surface area (Å²) in [5, 5.41) is 26.5. The van der Waals surface area contributed by atoms with E-state index in [1.165, 1.54) is 0 Å². The highest BCUT2D eigenvalue weighted by Gasteiger charge is 2.30. The molecule has 4 atom stereocenters. The highest BCUT2D eigenvalue weighted by molar-refractivity contribution is 5.94. The summed E-state index contributed by atoms with van der Waals surface area (Å²) in [5.74, 6) is -3.80. The van der Waals surface area contributed by atoms with Gasteiger partial charge in [-0.3, -0.25) is 19.4 Å². The van der Waals surface area contributed by atoms with Gasteiger partial charge in [-0.1, -0.05) is 44.2 Å². The lowest BCUT2D eigenvalue weighted by Crippen LogP contribution is -2.58. The average Bonchev–Trinajstić information content (AvgIpc) is 2.83. The van der Waals surface area contributed by atoms with Crippen molar-refractivity contribution in [2.45, 2.75) is 57.3 Å². The molecule has 0 saturated heterocycles. The lowest BCUT2D eigenvalue weighted by Gasteiger charge is -2.25. The van der Waals surface area contributed by atoms with E-state index in [4.69, 9.17) is 17.2 Å². The van der Waals surface area contributed by atoms with Crippen molar-refractivity contribution >= 4 is 29.7 Å². The lowest BCUT2D eigenvalue weighted by molar-refractivity contribution is -0.142. The van der Waals surface area contributed by atoms with Gasteiger partial charge in [0, 0.05) is 13.0 Å². The molecule has 13 nitrogen and oxygen atoms in total. The molecule has 1 rings (SSSR count). The maximum atomic E-state index is 12.9. The molecule has 11 N–H and O–H groups in total. The number of nitrogens with one attached hydrogen (secondary N) is 3. The van der Waals surface area contributed by atoms with Crippen LogP contribution in [-0.4, -0.2) is 77.2 Å². The van der Waals surface area contributed by atoms with Crippen molar-refractivity contribution in [3.05, 3.63) is 35.9 Å². The van der Waals surface area contributed by atoms with Gasteiger partial charge in [0.2, 0.25) is 17.7 Å². The zero-order valence-corrected chi connectivity index (χ0v) is 20.5. The molecule has 0 heterocycles. The topological polar surface area (TPSA) is 235 Å². The first-order valence-corrected chi connectivity index (χ1v) is 11.6. The number of amides is 3. The van der Waals surface area contributed by atoms with Crippen LogP contribution in [0.3, 0.4) is 0 Å². The average molecular weight is 508 g/mol. The number of aliphatic hydroxyl groups is 1. The maximum Gasteiger partial charge on any atom is 0.326 e. The van der Waals surface area contributed by atoms with Crippen LogP contribution in [0.5, 0.6) is 0 Å². The van der Waals surface area contributed by atoms with Gasteiger partial charge in [0.1, 0.15) is 18.1 Å². The van der Waals surface area contributed by atoms with Crippen LogP contribution in [0.15, 0.2) is 35.3 Å². The molecule has 0 fully saturated rings. The van der Waals surface area contributed by atoms with E-state index in [1.54, 1.807) is 44.2 Å². The second-order valence-electron chi connectivity index (χ2n) is 8.61. The number of nitrogens with zero attached hydrogens (tertiary/aromatic N) is 1. The Morgan fingerprint density at radius 2 is 1.47 bits per heavy atom. The molecule has 13 heteroatoms. The fourth-order valence-electron chi connectivity index (χ4n) is 3.13. The van der Waals surface area contributed by atoms with Crippen molar-refractivity contribution in [3.8, 4) is 0 Å². The van der Waals surface area contributed by atoms with Crippen LogP contribution in [0.2, 0.25) is 0 Å². The Hall–Kier alpha value is -3.71. The monoisotopic (exact) mass is 507 g/mol. The zero-order chi connectivity index (χ0) is 27.3. The summed E-state index contributed by atoms with van der Waals surface area (Å²) in [6.45, 7) is 2.90. The van der Waals surface area contributed by atoms with Gasteiger partial charge in [-0.05, 0) is 24.3 Å². The smallest absolute Gasteiger partial charge is 0.326 e. The minimum Gasteiger partial charge on any atom is -0.480 e. The first kappa shape index (κ1) is 30.3. The fourth-order valence-corrected chi connectivity index (χ4v) is 3.13. The third-order valence-electron chi connectivity index (χ3n) is 5.31. The molecule has 0 aliphatic heterocycles. The Kier molecular flexibility index (Phi) is 12.9. The number of nitrogens with two attached hydrogens (primary N) is 3. The van der Waals surface area contributed by atoms with Crippen LogP contribution < -0.4 is 33.2 Å². The summed E-state index contributed by atoms with van der Waals surface area (Å²) >= 11 is 0. The molecule has 0 bridgehead atoms. The third kappa shape index (κ3) is 10.7. The van der Waals surface area contributed by atoms with Crippen LogP contribution in [-0.2, 0) is 25.6 Å². The molecule has 0 spiro atoms. The van der Waals surface area contributed by atoms with Crippen LogP contribution in [0.4, 0.5) is 0 Å². The molecule has 1 aromatic carbocycles. The SMILES string of the molecule is CC(C)C(N)C(=O)NC(CCCN=C(N)N)C(=O)NC(CO)C(=O)NC(Cc1ccccc1)C(=O)O. The van der Waals surface area contributed by atoms with Crippen LogP contribution >= 0.6 is 0 Å². The zero-order valence-electron chi connectivity index (χ0n) is 20.5. The van der Waals surface area contributed by atoms with E-state index < -0.39 is 54.5 Å². The highest BCUT2D eigenvalue weighted by atomic mass is 16.4. The van der Waals surface area contributed by atoms with E-state index in [9.17, 15) is 29.4 Å². The van der Waals surface area contributed by atoms with E-state index in [-0.39, 0.29) is 31.3 Å². The van der Waals surface area contributed by atoms with Crippen molar-refractivity contribution in [2.75, 3.05) is 13.2 Å². The highest BCUT2D eigenvalue weighted by Crippen LogP contribution is 2.06. The number of carboxylic acids is 1. The second-order valence-corrected chi connectivity index (χ2v) is 8.61. The van der Waals surface area contributed by atoms with Crippen molar-refractivity contribution in [1.29, 1.82) is 0 Å². The number of carboxylic acid groups (broad SMARTS) is 1. The Labute approximate surface area is 209 Å². The normalized spacial score (nSPS) is 14.1. The Morgan fingerprint density at radius 1 is 0.917 bits per heavy atom. The van der Waals surface area contributed by atoms with Gasteiger partial charge in [0.15, 0.2) is 5.96 Å². The Bertz CT molecular complexity index is 905.